The highest BCUT2D eigenvalue weighted by atomic mass is 16.3. The third kappa shape index (κ3) is 2.95. The molecule has 6 heteroatoms. The first-order chi connectivity index (χ1) is 14.1. The van der Waals surface area contributed by atoms with Crippen molar-refractivity contribution in [3.63, 3.8) is 0 Å². The smallest absolute Gasteiger partial charge is 0.204 e. The maximum atomic E-state index is 13.3. The zero-order valence-corrected chi connectivity index (χ0v) is 16.4. The van der Waals surface area contributed by atoms with Crippen molar-refractivity contribution in [2.75, 3.05) is 11.1 Å². The number of aryl methyl sites for hydroxylation is 1. The fraction of sp³-hybridized carbons (Fsp3) is 0.304. The van der Waals surface area contributed by atoms with Gasteiger partial charge in [-0.1, -0.05) is 37.5 Å². The van der Waals surface area contributed by atoms with Crippen LogP contribution in [0.5, 0.6) is 0 Å². The van der Waals surface area contributed by atoms with Crippen LogP contribution >= 0.6 is 0 Å². The van der Waals surface area contributed by atoms with Crippen molar-refractivity contribution < 1.29 is 4.42 Å². The van der Waals surface area contributed by atoms with E-state index in [4.69, 9.17) is 15.1 Å². The minimum atomic E-state index is -0.155. The van der Waals surface area contributed by atoms with Gasteiger partial charge in [-0.3, -0.25) is 9.20 Å². The first-order valence-electron chi connectivity index (χ1n) is 10.2. The van der Waals surface area contributed by atoms with Crippen molar-refractivity contribution in [1.29, 1.82) is 0 Å². The Kier molecular flexibility index (Phi) is 4.27. The predicted molar refractivity (Wildman–Crippen MR) is 116 cm³/mol. The van der Waals surface area contributed by atoms with Gasteiger partial charge in [0.2, 0.25) is 11.3 Å². The number of hydrogen-bond donors (Lipinski definition) is 2. The molecule has 3 N–H and O–H groups in total. The van der Waals surface area contributed by atoms with Gasteiger partial charge in [0.05, 0.1) is 5.39 Å². The Bertz CT molecular complexity index is 1270. The molecule has 148 valence electrons. The normalized spacial score (nSPS) is 15.2. The largest absolute Gasteiger partial charge is 0.440 e. The summed E-state index contributed by atoms with van der Waals surface area (Å²) < 4.78 is 7.87. The summed E-state index contributed by atoms with van der Waals surface area (Å²) in [5.41, 5.74) is 9.28. The van der Waals surface area contributed by atoms with Crippen LogP contribution in [-0.2, 0) is 0 Å². The van der Waals surface area contributed by atoms with Gasteiger partial charge < -0.3 is 15.5 Å². The minimum absolute atomic E-state index is 0.0986. The second-order valence-electron chi connectivity index (χ2n) is 7.82. The van der Waals surface area contributed by atoms with Crippen LogP contribution in [0, 0.1) is 6.92 Å². The van der Waals surface area contributed by atoms with E-state index < -0.39 is 0 Å². The molecule has 3 heterocycles. The maximum Gasteiger partial charge on any atom is 0.204 e. The molecule has 0 amide bonds. The second-order valence-corrected chi connectivity index (χ2v) is 7.82. The van der Waals surface area contributed by atoms with Crippen molar-refractivity contribution in [2.24, 2.45) is 0 Å². The van der Waals surface area contributed by atoms with E-state index in [1.807, 2.05) is 37.3 Å². The molecule has 0 aliphatic heterocycles. The van der Waals surface area contributed by atoms with E-state index in [2.05, 4.69) is 9.72 Å². The van der Waals surface area contributed by atoms with Crippen LogP contribution in [0.25, 0.3) is 27.9 Å². The average molecular weight is 388 g/mol. The number of nitrogens with two attached hydrogens (primary N) is 1. The zero-order valence-electron chi connectivity index (χ0n) is 16.4. The lowest BCUT2D eigenvalue weighted by atomic mass is 9.95. The number of pyridine rings is 1. The molecule has 0 spiro atoms. The highest BCUT2D eigenvalue weighted by Crippen LogP contribution is 2.34. The van der Waals surface area contributed by atoms with Crippen LogP contribution in [-0.4, -0.2) is 15.4 Å². The molecule has 4 aromatic rings. The Labute approximate surface area is 168 Å². The summed E-state index contributed by atoms with van der Waals surface area (Å²) in [6.45, 7) is 2.04. The Hall–Kier alpha value is -3.28. The lowest BCUT2D eigenvalue weighted by Crippen LogP contribution is -2.24. The summed E-state index contributed by atoms with van der Waals surface area (Å²) in [5.74, 6) is 0.917. The predicted octanol–water partition coefficient (Wildman–Crippen LogP) is 4.74. The summed E-state index contributed by atoms with van der Waals surface area (Å²) in [6, 6.07) is 13.5. The number of nitrogens with zero attached hydrogens (tertiary/aromatic N) is 2. The fourth-order valence-corrected chi connectivity index (χ4v) is 4.39. The number of benzene rings is 1. The Morgan fingerprint density at radius 1 is 1.10 bits per heavy atom. The van der Waals surface area contributed by atoms with Crippen LogP contribution in [0.2, 0.25) is 0 Å². The lowest BCUT2D eigenvalue weighted by molar-refractivity contribution is 0.461. The van der Waals surface area contributed by atoms with Crippen LogP contribution in [0.1, 0.15) is 37.8 Å². The molecule has 1 aliphatic rings. The van der Waals surface area contributed by atoms with E-state index in [9.17, 15) is 4.79 Å². The second kappa shape index (κ2) is 6.95. The number of nitrogens with one attached hydrogen (secondary N) is 1. The summed E-state index contributed by atoms with van der Waals surface area (Å²) in [5, 5.41) is 4.19. The SMILES string of the molecule is Cc1cccc2nc(-c3c(N)oc4ccccc4c3=O)c(NC3CCCCC3)n12. The summed E-state index contributed by atoms with van der Waals surface area (Å²) >= 11 is 0. The molecule has 1 fully saturated rings. The van der Waals surface area contributed by atoms with Crippen LogP contribution < -0.4 is 16.5 Å². The molecular weight excluding hydrogens is 364 g/mol. The molecule has 6 nitrogen and oxygen atoms in total. The highest BCUT2D eigenvalue weighted by Gasteiger charge is 2.25. The number of rotatable bonds is 3. The standard InChI is InChI=1S/C23H24N4O2/c1-14-8-7-13-18-26-20(23(27(14)18)25-15-9-3-2-4-10-15)19-21(28)16-11-5-6-12-17(16)29-22(19)24/h5-8,11-13,15,25H,2-4,9-10,24H2,1H3. The first kappa shape index (κ1) is 17.8. The third-order valence-corrected chi connectivity index (χ3v) is 5.85. The number of aromatic nitrogens is 2. The highest BCUT2D eigenvalue weighted by molar-refractivity contribution is 5.89. The Morgan fingerprint density at radius 3 is 2.72 bits per heavy atom. The molecule has 0 unspecified atom stereocenters. The van der Waals surface area contributed by atoms with Gasteiger partial charge in [-0.2, -0.15) is 0 Å². The van der Waals surface area contributed by atoms with Gasteiger partial charge in [0.1, 0.15) is 28.3 Å². The molecule has 1 aliphatic carbocycles. The molecule has 0 radical (unpaired) electrons. The van der Waals surface area contributed by atoms with Gasteiger partial charge in [0.15, 0.2) is 0 Å². The monoisotopic (exact) mass is 388 g/mol. The topological polar surface area (TPSA) is 85.6 Å². The molecule has 5 rings (SSSR count). The van der Waals surface area contributed by atoms with E-state index in [1.165, 1.54) is 19.3 Å². The summed E-state index contributed by atoms with van der Waals surface area (Å²) in [4.78, 5) is 18.1. The van der Waals surface area contributed by atoms with Gasteiger partial charge in [0, 0.05) is 11.7 Å². The fourth-order valence-electron chi connectivity index (χ4n) is 4.39. The Balaban J connectivity index is 1.77. The van der Waals surface area contributed by atoms with Crippen LogP contribution in [0.15, 0.2) is 51.7 Å². The van der Waals surface area contributed by atoms with Crippen LogP contribution in [0.4, 0.5) is 11.7 Å². The quantitative estimate of drug-likeness (QED) is 0.529. The van der Waals surface area contributed by atoms with Gasteiger partial charge in [-0.25, -0.2) is 4.98 Å². The van der Waals surface area contributed by atoms with E-state index in [0.29, 0.717) is 28.3 Å². The molecule has 3 aromatic heterocycles. The van der Waals surface area contributed by atoms with Crippen molar-refractivity contribution in [2.45, 2.75) is 45.1 Å². The summed E-state index contributed by atoms with van der Waals surface area (Å²) in [7, 11) is 0. The molecule has 0 atom stereocenters. The van der Waals surface area contributed by atoms with E-state index in [0.717, 1.165) is 30.0 Å². The molecular formula is C23H24N4O2. The lowest BCUT2D eigenvalue weighted by Gasteiger charge is -2.24. The number of anilines is 2. The zero-order chi connectivity index (χ0) is 20.0. The van der Waals surface area contributed by atoms with Crippen molar-refractivity contribution in [3.8, 4) is 11.3 Å². The molecule has 29 heavy (non-hydrogen) atoms. The van der Waals surface area contributed by atoms with Crippen molar-refractivity contribution >= 4 is 28.3 Å². The molecule has 1 aromatic carbocycles. The number of fused-ring (bicyclic) bond motifs is 2. The maximum absolute atomic E-state index is 13.3. The van der Waals surface area contributed by atoms with E-state index in [1.54, 1.807) is 12.1 Å². The van der Waals surface area contributed by atoms with Gasteiger partial charge in [-0.05, 0) is 44.0 Å². The first-order valence-corrected chi connectivity index (χ1v) is 10.2. The van der Waals surface area contributed by atoms with E-state index in [-0.39, 0.29) is 11.3 Å². The number of hydrogen-bond acceptors (Lipinski definition) is 5. The molecule has 0 saturated heterocycles. The van der Waals surface area contributed by atoms with Gasteiger partial charge in [-0.15, -0.1) is 0 Å². The Morgan fingerprint density at radius 2 is 1.90 bits per heavy atom. The van der Waals surface area contributed by atoms with Crippen LogP contribution in [0.3, 0.4) is 0 Å². The minimum Gasteiger partial charge on any atom is -0.440 e. The van der Waals surface area contributed by atoms with Gasteiger partial charge >= 0.3 is 0 Å². The number of nitrogen functional groups attached to an aromatic ring is 1. The third-order valence-electron chi connectivity index (χ3n) is 5.85. The molecule has 1 saturated carbocycles. The summed E-state index contributed by atoms with van der Waals surface area (Å²) in [6.07, 6.45) is 5.92. The average Bonchev–Trinajstić information content (AvgIpc) is 3.08. The van der Waals surface area contributed by atoms with Crippen molar-refractivity contribution in [1.82, 2.24) is 9.38 Å². The van der Waals surface area contributed by atoms with E-state index >= 15 is 0 Å². The molecule has 0 bridgehead atoms. The number of para-hydroxylation sites is 1. The van der Waals surface area contributed by atoms with Crippen molar-refractivity contribution in [3.05, 3.63) is 58.4 Å². The van der Waals surface area contributed by atoms with Gasteiger partial charge in [0.25, 0.3) is 0 Å². The number of imidazole rings is 1.